The third kappa shape index (κ3) is 3.10. The first kappa shape index (κ1) is 16.4. The molecule has 1 heterocycles. The van der Waals surface area contributed by atoms with Crippen molar-refractivity contribution >= 4 is 22.4 Å². The van der Waals surface area contributed by atoms with E-state index in [0.717, 1.165) is 19.3 Å². The quantitative estimate of drug-likeness (QED) is 0.853. The molecule has 1 aliphatic carbocycles. The summed E-state index contributed by atoms with van der Waals surface area (Å²) in [6.07, 6.45) is 2.82. The average Bonchev–Trinajstić information content (AvgIpc) is 2.48. The van der Waals surface area contributed by atoms with Crippen LogP contribution in [-0.4, -0.2) is 30.3 Å². The van der Waals surface area contributed by atoms with E-state index in [4.69, 9.17) is 5.73 Å². The Hall–Kier alpha value is -0.630. The van der Waals surface area contributed by atoms with Crippen LogP contribution in [0.3, 0.4) is 0 Å². The van der Waals surface area contributed by atoms with Gasteiger partial charge < -0.3 is 5.73 Å². The summed E-state index contributed by atoms with van der Waals surface area (Å²) >= 11 is 0. The molecule has 2 rings (SSSR count). The molecule has 0 aromatic carbocycles. The molecular formula is C11H21ClN4O2S. The summed E-state index contributed by atoms with van der Waals surface area (Å²) in [5.41, 5.74) is 6.81. The Morgan fingerprint density at radius 2 is 2.00 bits per heavy atom. The van der Waals surface area contributed by atoms with Gasteiger partial charge in [0.25, 0.3) is 0 Å². The summed E-state index contributed by atoms with van der Waals surface area (Å²) in [4.78, 5) is 0.271. The highest BCUT2D eigenvalue weighted by molar-refractivity contribution is 7.89. The highest BCUT2D eigenvalue weighted by Crippen LogP contribution is 2.29. The summed E-state index contributed by atoms with van der Waals surface area (Å²) in [6.45, 7) is 3.74. The minimum atomic E-state index is -3.52. The van der Waals surface area contributed by atoms with Gasteiger partial charge in [-0.15, -0.1) is 12.4 Å². The van der Waals surface area contributed by atoms with Gasteiger partial charge in [0.1, 0.15) is 4.90 Å². The third-order valence-electron chi connectivity index (χ3n) is 3.67. The summed E-state index contributed by atoms with van der Waals surface area (Å²) in [5.74, 6) is 0. The molecule has 1 aliphatic rings. The largest absolute Gasteiger partial charge is 0.324 e. The van der Waals surface area contributed by atoms with Crippen molar-refractivity contribution in [3.05, 3.63) is 11.4 Å². The van der Waals surface area contributed by atoms with Gasteiger partial charge >= 0.3 is 0 Å². The first-order valence-electron chi connectivity index (χ1n) is 6.04. The molecule has 0 amide bonds. The minimum Gasteiger partial charge on any atom is -0.324 e. The molecular weight excluding hydrogens is 288 g/mol. The van der Waals surface area contributed by atoms with E-state index in [2.05, 4.69) is 9.82 Å². The zero-order valence-corrected chi connectivity index (χ0v) is 13.1. The van der Waals surface area contributed by atoms with Gasteiger partial charge in [0.15, 0.2) is 0 Å². The van der Waals surface area contributed by atoms with Crippen LogP contribution in [0.2, 0.25) is 0 Å². The molecule has 0 atom stereocenters. The normalized spacial score (nSPS) is 17.7. The number of sulfonamides is 1. The molecule has 1 fully saturated rings. The molecule has 0 spiro atoms. The Bertz CT molecular complexity index is 563. The van der Waals surface area contributed by atoms with E-state index >= 15 is 0 Å². The molecule has 1 saturated carbocycles. The van der Waals surface area contributed by atoms with E-state index in [-0.39, 0.29) is 22.8 Å². The first-order chi connectivity index (χ1) is 8.25. The molecule has 3 N–H and O–H groups in total. The summed E-state index contributed by atoms with van der Waals surface area (Å²) in [5, 5.41) is 4.12. The van der Waals surface area contributed by atoms with Crippen LogP contribution in [0.1, 0.15) is 30.7 Å². The maximum atomic E-state index is 12.3. The summed E-state index contributed by atoms with van der Waals surface area (Å²) in [7, 11) is -1.79. The van der Waals surface area contributed by atoms with Gasteiger partial charge in [-0.25, -0.2) is 13.1 Å². The Labute approximate surface area is 120 Å². The monoisotopic (exact) mass is 308 g/mol. The van der Waals surface area contributed by atoms with E-state index in [1.807, 2.05) is 0 Å². The van der Waals surface area contributed by atoms with Gasteiger partial charge in [0, 0.05) is 19.1 Å². The fraction of sp³-hybridized carbons (Fsp3) is 0.727. The van der Waals surface area contributed by atoms with Gasteiger partial charge in [0.2, 0.25) is 10.0 Å². The van der Waals surface area contributed by atoms with Gasteiger partial charge in [-0.1, -0.05) is 0 Å². The lowest BCUT2D eigenvalue weighted by molar-refractivity contribution is 0.251. The Kier molecular flexibility index (Phi) is 4.66. The third-order valence-corrected chi connectivity index (χ3v) is 5.33. The SMILES string of the molecule is Cc1nn(C)c(C)c1S(=O)(=O)NCC1(N)CCC1.Cl. The van der Waals surface area contributed by atoms with Gasteiger partial charge in [-0.2, -0.15) is 5.10 Å². The number of nitrogens with one attached hydrogen (secondary N) is 1. The van der Waals surface area contributed by atoms with Crippen LogP contribution in [0, 0.1) is 13.8 Å². The van der Waals surface area contributed by atoms with Crippen LogP contribution in [0.25, 0.3) is 0 Å². The maximum absolute atomic E-state index is 12.3. The molecule has 110 valence electrons. The molecule has 0 aliphatic heterocycles. The standard InChI is InChI=1S/C11H20N4O2S.ClH/c1-8-10(9(2)15(3)14-8)18(16,17)13-7-11(12)5-4-6-11;/h13H,4-7,12H2,1-3H3;1H. The number of hydrogen-bond donors (Lipinski definition) is 2. The summed E-state index contributed by atoms with van der Waals surface area (Å²) < 4.78 is 28.7. The average molecular weight is 309 g/mol. The molecule has 19 heavy (non-hydrogen) atoms. The van der Waals surface area contributed by atoms with Crippen molar-refractivity contribution in [2.24, 2.45) is 12.8 Å². The van der Waals surface area contributed by atoms with Gasteiger partial charge in [-0.3, -0.25) is 4.68 Å². The highest BCUT2D eigenvalue weighted by atomic mass is 35.5. The zero-order chi connectivity index (χ0) is 13.6. The molecule has 0 bridgehead atoms. The lowest BCUT2D eigenvalue weighted by Crippen LogP contribution is -2.54. The van der Waals surface area contributed by atoms with Crippen molar-refractivity contribution in [3.8, 4) is 0 Å². The number of halogens is 1. The molecule has 0 saturated heterocycles. The minimum absolute atomic E-state index is 0. The van der Waals surface area contributed by atoms with E-state index in [1.165, 1.54) is 0 Å². The fourth-order valence-electron chi connectivity index (χ4n) is 2.26. The Balaban J connectivity index is 0.00000180. The van der Waals surface area contributed by atoms with Crippen molar-refractivity contribution in [3.63, 3.8) is 0 Å². The topological polar surface area (TPSA) is 90.0 Å². The second kappa shape index (κ2) is 5.40. The van der Waals surface area contributed by atoms with Crippen molar-refractivity contribution in [1.82, 2.24) is 14.5 Å². The van der Waals surface area contributed by atoms with Crippen LogP contribution < -0.4 is 10.5 Å². The van der Waals surface area contributed by atoms with Crippen molar-refractivity contribution in [2.45, 2.75) is 43.5 Å². The van der Waals surface area contributed by atoms with Crippen LogP contribution in [0.4, 0.5) is 0 Å². The molecule has 6 nitrogen and oxygen atoms in total. The molecule has 1 aromatic heterocycles. The van der Waals surface area contributed by atoms with Crippen LogP contribution in [0.15, 0.2) is 4.90 Å². The fourth-order valence-corrected chi connectivity index (χ4v) is 3.83. The van der Waals surface area contributed by atoms with E-state index in [0.29, 0.717) is 17.9 Å². The molecule has 1 aromatic rings. The lowest BCUT2D eigenvalue weighted by atomic mass is 9.78. The summed E-state index contributed by atoms with van der Waals surface area (Å²) in [6, 6.07) is 0. The maximum Gasteiger partial charge on any atom is 0.244 e. The Morgan fingerprint density at radius 1 is 1.42 bits per heavy atom. The number of hydrogen-bond acceptors (Lipinski definition) is 4. The number of aromatic nitrogens is 2. The van der Waals surface area contributed by atoms with Crippen LogP contribution in [0.5, 0.6) is 0 Å². The molecule has 0 unspecified atom stereocenters. The van der Waals surface area contributed by atoms with Gasteiger partial charge in [0.05, 0.1) is 11.4 Å². The number of nitrogens with zero attached hydrogens (tertiary/aromatic N) is 2. The predicted octanol–water partition coefficient (Wildman–Crippen LogP) is 0.618. The lowest BCUT2D eigenvalue weighted by Gasteiger charge is -2.38. The van der Waals surface area contributed by atoms with Crippen LogP contribution >= 0.6 is 12.4 Å². The number of rotatable bonds is 4. The van der Waals surface area contributed by atoms with E-state index in [1.54, 1.807) is 25.6 Å². The first-order valence-corrected chi connectivity index (χ1v) is 7.52. The van der Waals surface area contributed by atoms with Crippen molar-refractivity contribution in [2.75, 3.05) is 6.54 Å². The van der Waals surface area contributed by atoms with Gasteiger partial charge in [-0.05, 0) is 33.1 Å². The van der Waals surface area contributed by atoms with Crippen LogP contribution in [-0.2, 0) is 17.1 Å². The van der Waals surface area contributed by atoms with Crippen molar-refractivity contribution in [1.29, 1.82) is 0 Å². The predicted molar refractivity (Wildman–Crippen MR) is 75.9 cm³/mol. The Morgan fingerprint density at radius 3 is 2.37 bits per heavy atom. The number of aryl methyl sites for hydroxylation is 2. The van der Waals surface area contributed by atoms with Crippen molar-refractivity contribution < 1.29 is 8.42 Å². The molecule has 0 radical (unpaired) electrons. The number of nitrogens with two attached hydrogens (primary N) is 1. The second-order valence-corrected chi connectivity index (χ2v) is 6.87. The van der Waals surface area contributed by atoms with E-state index in [9.17, 15) is 8.42 Å². The molecule has 8 heteroatoms. The van der Waals surface area contributed by atoms with E-state index < -0.39 is 10.0 Å². The smallest absolute Gasteiger partial charge is 0.244 e. The zero-order valence-electron chi connectivity index (χ0n) is 11.4. The highest BCUT2D eigenvalue weighted by Gasteiger charge is 2.34. The second-order valence-electron chi connectivity index (χ2n) is 5.16.